The van der Waals surface area contributed by atoms with Crippen molar-refractivity contribution in [2.75, 3.05) is 12.4 Å². The van der Waals surface area contributed by atoms with Gasteiger partial charge in [-0.2, -0.15) is 4.31 Å². The summed E-state index contributed by atoms with van der Waals surface area (Å²) in [6.45, 7) is 6.48. The van der Waals surface area contributed by atoms with Gasteiger partial charge in [0.2, 0.25) is 10.0 Å². The van der Waals surface area contributed by atoms with Crippen LogP contribution in [-0.2, 0) is 16.4 Å². The molecule has 0 aliphatic rings. The number of halogens is 1. The van der Waals surface area contributed by atoms with E-state index in [9.17, 15) is 8.42 Å². The normalized spacial score (nSPS) is 12.3. The fraction of sp³-hybridized carbons (Fsp3) is 0.625. The number of nitrogens with zero attached hydrogens (tertiary/aromatic N) is 1. The first-order valence-electron chi connectivity index (χ1n) is 7.67. The maximum absolute atomic E-state index is 12.8. The number of hydrogen-bond acceptors (Lipinski definition) is 2. The summed E-state index contributed by atoms with van der Waals surface area (Å²) in [4.78, 5) is 0.361. The first-order valence-corrected chi connectivity index (χ1v) is 9.65. The summed E-state index contributed by atoms with van der Waals surface area (Å²) in [6.07, 6.45) is 3.61. The van der Waals surface area contributed by atoms with Crippen molar-refractivity contribution >= 4 is 21.6 Å². The molecule has 0 spiro atoms. The molecule has 0 aromatic heterocycles. The van der Waals surface area contributed by atoms with E-state index in [2.05, 4.69) is 6.92 Å². The number of benzene rings is 1. The van der Waals surface area contributed by atoms with Crippen molar-refractivity contribution in [3.8, 4) is 0 Å². The zero-order valence-corrected chi connectivity index (χ0v) is 14.8. The third kappa shape index (κ3) is 4.70. The number of sulfonamides is 1. The third-order valence-electron chi connectivity index (χ3n) is 3.72. The van der Waals surface area contributed by atoms with Crippen LogP contribution >= 0.6 is 11.6 Å². The Morgan fingerprint density at radius 2 is 1.67 bits per heavy atom. The van der Waals surface area contributed by atoms with Gasteiger partial charge in [0.1, 0.15) is 0 Å². The molecule has 0 aliphatic heterocycles. The van der Waals surface area contributed by atoms with E-state index in [1.54, 1.807) is 16.4 Å². The Labute approximate surface area is 134 Å². The van der Waals surface area contributed by atoms with Crippen molar-refractivity contribution in [3.05, 3.63) is 29.8 Å². The van der Waals surface area contributed by atoms with Crippen molar-refractivity contribution in [3.63, 3.8) is 0 Å². The minimum absolute atomic E-state index is 0.00377. The summed E-state index contributed by atoms with van der Waals surface area (Å²) < 4.78 is 27.2. The smallest absolute Gasteiger partial charge is 0.207 e. The van der Waals surface area contributed by atoms with Gasteiger partial charge in [-0.1, -0.05) is 39.3 Å². The fourth-order valence-electron chi connectivity index (χ4n) is 2.53. The predicted molar refractivity (Wildman–Crippen MR) is 89.4 cm³/mol. The fourth-order valence-corrected chi connectivity index (χ4v) is 4.59. The molecule has 0 amide bonds. The van der Waals surface area contributed by atoms with Crippen molar-refractivity contribution in [1.82, 2.24) is 4.31 Å². The van der Waals surface area contributed by atoms with Crippen LogP contribution in [0, 0.1) is 0 Å². The first-order chi connectivity index (χ1) is 10.0. The van der Waals surface area contributed by atoms with Crippen LogP contribution < -0.4 is 0 Å². The van der Waals surface area contributed by atoms with Gasteiger partial charge >= 0.3 is 0 Å². The molecule has 1 aromatic rings. The quantitative estimate of drug-likeness (QED) is 0.640. The number of alkyl halides is 1. The Balaban J connectivity index is 3.09. The highest BCUT2D eigenvalue weighted by molar-refractivity contribution is 7.89. The molecule has 0 heterocycles. The van der Waals surface area contributed by atoms with Crippen LogP contribution in [0.3, 0.4) is 0 Å². The lowest BCUT2D eigenvalue weighted by atomic mass is 10.1. The van der Waals surface area contributed by atoms with Crippen molar-refractivity contribution in [2.45, 2.75) is 57.4 Å². The van der Waals surface area contributed by atoms with Crippen molar-refractivity contribution in [1.29, 1.82) is 0 Å². The highest BCUT2D eigenvalue weighted by atomic mass is 35.5. The van der Waals surface area contributed by atoms with E-state index in [4.69, 9.17) is 11.6 Å². The molecular formula is C16H26ClNO2S. The van der Waals surface area contributed by atoms with Gasteiger partial charge in [-0.15, -0.1) is 11.6 Å². The second-order valence-corrected chi connectivity index (χ2v) is 7.44. The molecule has 120 valence electrons. The van der Waals surface area contributed by atoms with E-state index in [-0.39, 0.29) is 6.04 Å². The minimum atomic E-state index is -3.47. The van der Waals surface area contributed by atoms with Crippen LogP contribution in [0.25, 0.3) is 0 Å². The molecule has 0 fully saturated rings. The third-order valence-corrected chi connectivity index (χ3v) is 5.86. The Morgan fingerprint density at radius 3 is 2.10 bits per heavy atom. The average molecular weight is 332 g/mol. The molecule has 21 heavy (non-hydrogen) atoms. The van der Waals surface area contributed by atoms with Gasteiger partial charge in [0.05, 0.1) is 4.90 Å². The lowest BCUT2D eigenvalue weighted by Crippen LogP contribution is -2.40. The van der Waals surface area contributed by atoms with E-state index < -0.39 is 10.0 Å². The van der Waals surface area contributed by atoms with Gasteiger partial charge in [0.15, 0.2) is 0 Å². The molecule has 0 N–H and O–H groups in total. The molecule has 5 heteroatoms. The number of aryl methyl sites for hydroxylation is 1. The summed E-state index contributed by atoms with van der Waals surface area (Å²) >= 11 is 5.81. The van der Waals surface area contributed by atoms with Gasteiger partial charge in [-0.05, 0) is 37.0 Å². The summed E-state index contributed by atoms with van der Waals surface area (Å²) in [5.41, 5.74) is 1.17. The summed E-state index contributed by atoms with van der Waals surface area (Å²) in [5, 5.41) is 0. The Bertz CT molecular complexity index is 510. The Hall–Kier alpha value is -0.580. The van der Waals surface area contributed by atoms with Gasteiger partial charge < -0.3 is 0 Å². The van der Waals surface area contributed by atoms with E-state index >= 15 is 0 Å². The molecule has 0 unspecified atom stereocenters. The van der Waals surface area contributed by atoms with Gasteiger partial charge in [0.25, 0.3) is 0 Å². The topological polar surface area (TPSA) is 37.4 Å². The van der Waals surface area contributed by atoms with Gasteiger partial charge in [-0.3, -0.25) is 0 Å². The maximum Gasteiger partial charge on any atom is 0.243 e. The van der Waals surface area contributed by atoms with Crippen LogP contribution in [0.5, 0.6) is 0 Å². The van der Waals surface area contributed by atoms with E-state index in [0.29, 0.717) is 17.3 Å². The number of hydrogen-bond donors (Lipinski definition) is 0. The van der Waals surface area contributed by atoms with Crippen LogP contribution in [0.4, 0.5) is 0 Å². The minimum Gasteiger partial charge on any atom is -0.207 e. The molecule has 3 nitrogen and oxygen atoms in total. The largest absolute Gasteiger partial charge is 0.243 e. The highest BCUT2D eigenvalue weighted by Gasteiger charge is 2.29. The summed E-state index contributed by atoms with van der Waals surface area (Å²) in [5.74, 6) is 0.309. The lowest BCUT2D eigenvalue weighted by molar-refractivity contribution is 0.316. The van der Waals surface area contributed by atoms with Gasteiger partial charge in [0, 0.05) is 18.5 Å². The van der Waals surface area contributed by atoms with E-state index in [1.165, 1.54) is 5.56 Å². The SMILES string of the molecule is CCCc1ccc(S(=O)(=O)N(CCCl)C(CC)CC)cc1. The van der Waals surface area contributed by atoms with Crippen LogP contribution in [-0.4, -0.2) is 31.2 Å². The van der Waals surface area contributed by atoms with Crippen LogP contribution in [0.1, 0.15) is 45.6 Å². The average Bonchev–Trinajstić information content (AvgIpc) is 2.48. The van der Waals surface area contributed by atoms with Gasteiger partial charge in [-0.25, -0.2) is 8.42 Å². The Kier molecular flexibility index (Phi) is 7.71. The summed E-state index contributed by atoms with van der Waals surface area (Å²) in [6, 6.07) is 7.24. The molecule has 0 aliphatic carbocycles. The molecule has 0 radical (unpaired) electrons. The molecule has 0 bridgehead atoms. The predicted octanol–water partition coefficient (Wildman–Crippen LogP) is 4.06. The highest BCUT2D eigenvalue weighted by Crippen LogP contribution is 2.22. The molecular weight excluding hydrogens is 306 g/mol. The van der Waals surface area contributed by atoms with Crippen LogP contribution in [0.15, 0.2) is 29.2 Å². The molecule has 0 atom stereocenters. The van der Waals surface area contributed by atoms with Crippen molar-refractivity contribution in [2.24, 2.45) is 0 Å². The monoisotopic (exact) mass is 331 g/mol. The molecule has 1 rings (SSSR count). The maximum atomic E-state index is 12.8. The Morgan fingerprint density at radius 1 is 1.10 bits per heavy atom. The van der Waals surface area contributed by atoms with E-state index in [0.717, 1.165) is 25.7 Å². The second-order valence-electron chi connectivity index (χ2n) is 5.17. The standard InChI is InChI=1S/C16H26ClNO2S/c1-4-7-14-8-10-16(11-9-14)21(19,20)18(13-12-17)15(5-2)6-3/h8-11,15H,4-7,12-13H2,1-3H3. The molecule has 0 saturated carbocycles. The summed E-state index contributed by atoms with van der Waals surface area (Å²) in [7, 11) is -3.47. The molecule has 1 aromatic carbocycles. The van der Waals surface area contributed by atoms with E-state index in [1.807, 2.05) is 26.0 Å². The second kappa shape index (κ2) is 8.76. The lowest BCUT2D eigenvalue weighted by Gasteiger charge is -2.29. The first kappa shape index (κ1) is 18.5. The zero-order valence-electron chi connectivity index (χ0n) is 13.2. The number of rotatable bonds is 9. The van der Waals surface area contributed by atoms with Crippen LogP contribution in [0.2, 0.25) is 0 Å². The molecule has 0 saturated heterocycles. The van der Waals surface area contributed by atoms with Crippen molar-refractivity contribution < 1.29 is 8.42 Å². The zero-order chi connectivity index (χ0) is 15.9.